The summed E-state index contributed by atoms with van der Waals surface area (Å²) in [6, 6.07) is 3.17. The zero-order chi connectivity index (χ0) is 26.9. The number of rotatable bonds is 14. The Kier molecular flexibility index (Phi) is 13.1. The van der Waals surface area contributed by atoms with Gasteiger partial charge >= 0.3 is 12.2 Å². The van der Waals surface area contributed by atoms with Crippen molar-refractivity contribution in [2.24, 2.45) is 11.8 Å². The second kappa shape index (κ2) is 16.6. The number of carbonyl (C=O) groups excluding carboxylic acids is 2. The van der Waals surface area contributed by atoms with Gasteiger partial charge in [-0.05, 0) is 37.5 Å². The molecule has 9 heteroatoms. The van der Waals surface area contributed by atoms with Gasteiger partial charge in [0.15, 0.2) is 0 Å². The summed E-state index contributed by atoms with van der Waals surface area (Å²) in [5, 5.41) is 27.8. The minimum Gasteiger partial charge on any atom is -0.445 e. The lowest BCUT2D eigenvalue weighted by Crippen LogP contribution is -2.37. The lowest BCUT2D eigenvalue weighted by atomic mass is 9.93. The number of nitrogens with zero attached hydrogens (tertiary/aromatic N) is 2. The van der Waals surface area contributed by atoms with Gasteiger partial charge in [0.1, 0.15) is 13.2 Å². The van der Waals surface area contributed by atoms with Crippen LogP contribution in [0, 0.1) is 34.5 Å². The Bertz CT molecular complexity index is 882. The van der Waals surface area contributed by atoms with Gasteiger partial charge in [-0.2, -0.15) is 10.5 Å². The molecule has 0 aliphatic heterocycles. The smallest absolute Gasteiger partial charge is 0.408 e. The Labute approximate surface area is 218 Å². The molecule has 2 unspecified atom stereocenters. The first-order valence-corrected chi connectivity index (χ1v) is 12.3. The van der Waals surface area contributed by atoms with Crippen molar-refractivity contribution in [3.8, 4) is 12.1 Å². The molecule has 2 aliphatic rings. The molecule has 196 valence electrons. The highest BCUT2D eigenvalue weighted by molar-refractivity contribution is 5.69. The molecule has 0 saturated carbocycles. The molecule has 2 rings (SSSR count). The summed E-state index contributed by atoms with van der Waals surface area (Å²) >= 11 is 0. The van der Waals surface area contributed by atoms with Gasteiger partial charge in [-0.1, -0.05) is 73.9 Å². The fourth-order valence-electron chi connectivity index (χ4n) is 3.84. The third-order valence-electron chi connectivity index (χ3n) is 5.79. The summed E-state index contributed by atoms with van der Waals surface area (Å²) in [5.74, 6) is 0.294. The molecule has 0 aromatic rings. The standard InChI is InChI=1S/C28H35N5O4/c1-3-17-36-27(34)32-23-11-5-21(6-12-23)9-15-25(19-29)31-26(20-30)16-10-22-7-13-24(14-8-22)33-28(35)37-18-4-2/h3-8,11-14,21-26,31H,1-2,9-10,15-18H2,(H,32,34)(H,33,35). The monoisotopic (exact) mass is 505 g/mol. The number of allylic oxidation sites excluding steroid dienone is 4. The average Bonchev–Trinajstić information content (AvgIpc) is 2.92. The van der Waals surface area contributed by atoms with Crippen LogP contribution in [0.1, 0.15) is 25.7 Å². The minimum absolute atomic E-state index is 0.147. The molecule has 0 fully saturated rings. The molecule has 0 spiro atoms. The molecule has 0 bridgehead atoms. The van der Waals surface area contributed by atoms with Crippen LogP contribution in [0.15, 0.2) is 73.9 Å². The first-order chi connectivity index (χ1) is 18.0. The zero-order valence-electron chi connectivity index (χ0n) is 20.9. The number of nitriles is 2. The van der Waals surface area contributed by atoms with Crippen LogP contribution in [0.3, 0.4) is 0 Å². The van der Waals surface area contributed by atoms with E-state index in [0.29, 0.717) is 12.8 Å². The van der Waals surface area contributed by atoms with E-state index in [-0.39, 0.29) is 37.1 Å². The number of carbonyl (C=O) groups is 2. The van der Waals surface area contributed by atoms with E-state index in [1.807, 2.05) is 48.6 Å². The maximum atomic E-state index is 11.6. The third kappa shape index (κ3) is 11.5. The van der Waals surface area contributed by atoms with Gasteiger partial charge < -0.3 is 20.1 Å². The Morgan fingerprint density at radius 3 is 1.46 bits per heavy atom. The molecule has 0 saturated heterocycles. The summed E-state index contributed by atoms with van der Waals surface area (Å²) < 4.78 is 9.83. The molecule has 37 heavy (non-hydrogen) atoms. The predicted octanol–water partition coefficient (Wildman–Crippen LogP) is 3.97. The molecule has 2 atom stereocenters. The van der Waals surface area contributed by atoms with E-state index in [1.54, 1.807) is 0 Å². The van der Waals surface area contributed by atoms with E-state index in [9.17, 15) is 20.1 Å². The summed E-state index contributed by atoms with van der Waals surface area (Å²) in [6.45, 7) is 7.31. The molecule has 0 radical (unpaired) electrons. The maximum absolute atomic E-state index is 11.6. The number of hydrogen-bond donors (Lipinski definition) is 3. The highest BCUT2D eigenvalue weighted by Gasteiger charge is 2.19. The molecule has 2 aliphatic carbocycles. The third-order valence-corrected chi connectivity index (χ3v) is 5.79. The largest absolute Gasteiger partial charge is 0.445 e. The van der Waals surface area contributed by atoms with E-state index in [2.05, 4.69) is 41.2 Å². The van der Waals surface area contributed by atoms with Gasteiger partial charge in [0.05, 0.1) is 36.3 Å². The first-order valence-electron chi connectivity index (χ1n) is 12.3. The van der Waals surface area contributed by atoms with Crippen molar-refractivity contribution < 1.29 is 19.1 Å². The summed E-state index contributed by atoms with van der Waals surface area (Å²) in [4.78, 5) is 23.3. The topological polar surface area (TPSA) is 136 Å². The number of ether oxygens (including phenoxy) is 2. The molecule has 0 heterocycles. The number of amides is 2. The van der Waals surface area contributed by atoms with Crippen molar-refractivity contribution >= 4 is 12.2 Å². The Hall–Kier alpha value is -4.08. The molecular weight excluding hydrogens is 470 g/mol. The molecule has 0 aromatic carbocycles. The average molecular weight is 506 g/mol. The van der Waals surface area contributed by atoms with Crippen LogP contribution >= 0.6 is 0 Å². The van der Waals surface area contributed by atoms with Gasteiger partial charge in [-0.25, -0.2) is 9.59 Å². The van der Waals surface area contributed by atoms with E-state index in [1.165, 1.54) is 12.2 Å². The quantitative estimate of drug-likeness (QED) is 0.304. The van der Waals surface area contributed by atoms with E-state index < -0.39 is 24.3 Å². The molecule has 0 aromatic heterocycles. The summed E-state index contributed by atoms with van der Waals surface area (Å²) in [5.41, 5.74) is 0. The van der Waals surface area contributed by atoms with Crippen molar-refractivity contribution in [1.82, 2.24) is 16.0 Å². The van der Waals surface area contributed by atoms with Gasteiger partial charge in [0, 0.05) is 0 Å². The van der Waals surface area contributed by atoms with Crippen molar-refractivity contribution in [1.29, 1.82) is 10.5 Å². The normalized spacial score (nSPS) is 23.1. The van der Waals surface area contributed by atoms with Crippen LogP contribution in [0.2, 0.25) is 0 Å². The minimum atomic E-state index is -0.506. The molecule has 2 amide bonds. The summed E-state index contributed by atoms with van der Waals surface area (Å²) in [7, 11) is 0. The van der Waals surface area contributed by atoms with Crippen LogP contribution in [0.5, 0.6) is 0 Å². The van der Waals surface area contributed by atoms with Crippen LogP contribution in [0.4, 0.5) is 9.59 Å². The fourth-order valence-corrected chi connectivity index (χ4v) is 3.84. The molecule has 3 N–H and O–H groups in total. The fraction of sp³-hybridized carbons (Fsp3) is 0.429. The Balaban J connectivity index is 1.70. The van der Waals surface area contributed by atoms with Gasteiger partial charge in [0.2, 0.25) is 0 Å². The predicted molar refractivity (Wildman–Crippen MR) is 141 cm³/mol. The zero-order valence-corrected chi connectivity index (χ0v) is 20.9. The van der Waals surface area contributed by atoms with Gasteiger partial charge in [-0.3, -0.25) is 5.32 Å². The van der Waals surface area contributed by atoms with Crippen LogP contribution in [-0.2, 0) is 9.47 Å². The van der Waals surface area contributed by atoms with Crippen molar-refractivity contribution in [2.45, 2.75) is 49.9 Å². The highest BCUT2D eigenvalue weighted by Crippen LogP contribution is 2.19. The first kappa shape index (κ1) is 29.2. The second-order valence-corrected chi connectivity index (χ2v) is 8.67. The van der Waals surface area contributed by atoms with Crippen molar-refractivity contribution in [2.75, 3.05) is 13.2 Å². The van der Waals surface area contributed by atoms with Crippen molar-refractivity contribution in [3.63, 3.8) is 0 Å². The number of alkyl carbamates (subject to hydrolysis) is 2. The van der Waals surface area contributed by atoms with Crippen LogP contribution in [0.25, 0.3) is 0 Å². The van der Waals surface area contributed by atoms with E-state index >= 15 is 0 Å². The van der Waals surface area contributed by atoms with Crippen molar-refractivity contribution in [3.05, 3.63) is 73.9 Å². The van der Waals surface area contributed by atoms with Crippen LogP contribution < -0.4 is 16.0 Å². The Morgan fingerprint density at radius 1 is 0.757 bits per heavy atom. The van der Waals surface area contributed by atoms with Crippen LogP contribution in [-0.4, -0.2) is 49.6 Å². The van der Waals surface area contributed by atoms with Gasteiger partial charge in [-0.15, -0.1) is 0 Å². The maximum Gasteiger partial charge on any atom is 0.408 e. The number of nitrogens with one attached hydrogen (secondary N) is 3. The molecular formula is C28H35N5O4. The molecule has 9 nitrogen and oxygen atoms in total. The lowest BCUT2D eigenvalue weighted by Gasteiger charge is -2.21. The SMILES string of the molecule is C=CCOC(=O)NC1C=CC(CCC(C#N)NC(C#N)CCC2C=CC(NC(=O)OCC=C)C=C2)C=C1. The summed E-state index contributed by atoms with van der Waals surface area (Å²) in [6.07, 6.45) is 20.2. The Morgan fingerprint density at radius 2 is 1.14 bits per heavy atom. The highest BCUT2D eigenvalue weighted by atomic mass is 16.6. The lowest BCUT2D eigenvalue weighted by molar-refractivity contribution is 0.156. The van der Waals surface area contributed by atoms with Gasteiger partial charge in [0.25, 0.3) is 0 Å². The second-order valence-electron chi connectivity index (χ2n) is 8.67. The number of hydrogen-bond acceptors (Lipinski definition) is 7. The van der Waals surface area contributed by atoms with E-state index in [0.717, 1.165) is 12.8 Å². The van der Waals surface area contributed by atoms with E-state index in [4.69, 9.17) is 9.47 Å².